The first-order valence-electron chi connectivity index (χ1n) is 7.33. The molecule has 0 aromatic carbocycles. The molecule has 2 aliphatic rings. The molecular weight excluding hydrogens is 290 g/mol. The van der Waals surface area contributed by atoms with E-state index in [2.05, 4.69) is 10.5 Å². The molecule has 2 fully saturated rings. The van der Waals surface area contributed by atoms with E-state index in [1.165, 1.54) is 11.2 Å². The highest BCUT2D eigenvalue weighted by atomic mass is 16.5. The smallest absolute Gasteiger partial charge is 0.315 e. The number of morpholine rings is 1. The van der Waals surface area contributed by atoms with Crippen LogP contribution in [-0.4, -0.2) is 60.4 Å². The van der Waals surface area contributed by atoms with E-state index in [0.717, 1.165) is 12.8 Å². The standard InChI is InChI=1S/C14H19N3O5/c1-10-7-22-16-11(10)15-12(18)13(19)17-4-6-21-14(8-17)3-2-5-20-9-14/h7H,2-6,8-9H2,1H3,(H,15,16,18). The van der Waals surface area contributed by atoms with E-state index in [0.29, 0.717) is 38.5 Å². The summed E-state index contributed by atoms with van der Waals surface area (Å²) in [6.07, 6.45) is 3.14. The third-order valence-corrected chi connectivity index (χ3v) is 4.00. The van der Waals surface area contributed by atoms with E-state index >= 15 is 0 Å². The molecule has 0 saturated carbocycles. The van der Waals surface area contributed by atoms with Gasteiger partial charge in [-0.25, -0.2) is 0 Å². The zero-order valence-electron chi connectivity index (χ0n) is 12.5. The molecule has 2 amide bonds. The summed E-state index contributed by atoms with van der Waals surface area (Å²) >= 11 is 0. The molecule has 0 radical (unpaired) electrons. The van der Waals surface area contributed by atoms with E-state index in [-0.39, 0.29) is 5.82 Å². The maximum absolute atomic E-state index is 12.3. The Bertz CT molecular complexity index is 559. The second-order valence-corrected chi connectivity index (χ2v) is 5.71. The Kier molecular flexibility index (Phi) is 4.12. The molecule has 1 unspecified atom stereocenters. The van der Waals surface area contributed by atoms with Crippen LogP contribution in [0.4, 0.5) is 5.82 Å². The molecule has 0 aliphatic carbocycles. The lowest BCUT2D eigenvalue weighted by atomic mass is 9.94. The highest BCUT2D eigenvalue weighted by Gasteiger charge is 2.41. The van der Waals surface area contributed by atoms with Crippen molar-refractivity contribution in [2.24, 2.45) is 0 Å². The number of carbonyl (C=O) groups is 2. The molecule has 3 heterocycles. The number of nitrogens with zero attached hydrogens (tertiary/aromatic N) is 2. The highest BCUT2D eigenvalue weighted by molar-refractivity contribution is 6.39. The van der Waals surface area contributed by atoms with Crippen LogP contribution < -0.4 is 5.32 Å². The fourth-order valence-electron chi connectivity index (χ4n) is 2.80. The quantitative estimate of drug-likeness (QED) is 0.751. The van der Waals surface area contributed by atoms with Crippen LogP contribution >= 0.6 is 0 Å². The maximum atomic E-state index is 12.3. The molecule has 1 N–H and O–H groups in total. The number of carbonyl (C=O) groups excluding carboxylic acids is 2. The predicted molar refractivity (Wildman–Crippen MR) is 75.2 cm³/mol. The number of rotatable bonds is 1. The number of hydrogen-bond acceptors (Lipinski definition) is 6. The van der Waals surface area contributed by atoms with E-state index in [1.807, 2.05) is 0 Å². The molecule has 22 heavy (non-hydrogen) atoms. The first kappa shape index (κ1) is 15.0. The lowest BCUT2D eigenvalue weighted by Gasteiger charge is -2.44. The summed E-state index contributed by atoms with van der Waals surface area (Å²) in [5.74, 6) is -1.04. The molecule has 8 heteroatoms. The Hall–Kier alpha value is -1.93. The number of amides is 2. The monoisotopic (exact) mass is 309 g/mol. The summed E-state index contributed by atoms with van der Waals surface area (Å²) in [5, 5.41) is 6.12. The molecule has 1 spiro atoms. The van der Waals surface area contributed by atoms with E-state index in [1.54, 1.807) is 6.92 Å². The van der Waals surface area contributed by atoms with Gasteiger partial charge in [-0.05, 0) is 19.8 Å². The third-order valence-electron chi connectivity index (χ3n) is 4.00. The number of anilines is 1. The van der Waals surface area contributed by atoms with Gasteiger partial charge in [-0.3, -0.25) is 14.9 Å². The number of ether oxygens (including phenoxy) is 2. The van der Waals surface area contributed by atoms with Crippen LogP contribution in [0.2, 0.25) is 0 Å². The first-order chi connectivity index (χ1) is 10.6. The van der Waals surface area contributed by atoms with E-state index in [9.17, 15) is 9.59 Å². The molecule has 3 rings (SSSR count). The fourth-order valence-corrected chi connectivity index (χ4v) is 2.80. The van der Waals surface area contributed by atoms with Crippen molar-refractivity contribution in [3.8, 4) is 0 Å². The molecule has 1 aromatic rings. The Balaban J connectivity index is 1.64. The van der Waals surface area contributed by atoms with E-state index < -0.39 is 17.4 Å². The lowest BCUT2D eigenvalue weighted by molar-refractivity contribution is -0.177. The van der Waals surface area contributed by atoms with Gasteiger partial charge in [0.2, 0.25) is 0 Å². The van der Waals surface area contributed by atoms with Gasteiger partial charge in [-0.15, -0.1) is 0 Å². The van der Waals surface area contributed by atoms with Gasteiger partial charge in [0.25, 0.3) is 0 Å². The average Bonchev–Trinajstić information content (AvgIpc) is 2.92. The number of aromatic nitrogens is 1. The van der Waals surface area contributed by atoms with Crippen LogP contribution in [0, 0.1) is 6.92 Å². The third kappa shape index (κ3) is 2.97. The lowest BCUT2D eigenvalue weighted by Crippen LogP contribution is -2.58. The molecule has 120 valence electrons. The van der Waals surface area contributed by atoms with Crippen molar-refractivity contribution in [3.63, 3.8) is 0 Å². The van der Waals surface area contributed by atoms with Gasteiger partial charge < -0.3 is 18.9 Å². The normalized spacial score (nSPS) is 25.2. The molecule has 1 atom stereocenters. The Labute approximate surface area is 127 Å². The topological polar surface area (TPSA) is 93.9 Å². The van der Waals surface area contributed by atoms with E-state index in [4.69, 9.17) is 14.0 Å². The summed E-state index contributed by atoms with van der Waals surface area (Å²) in [4.78, 5) is 25.9. The molecule has 0 bridgehead atoms. The summed E-state index contributed by atoms with van der Waals surface area (Å²) in [6, 6.07) is 0. The molecule has 2 aliphatic heterocycles. The maximum Gasteiger partial charge on any atom is 0.315 e. The minimum Gasteiger partial charge on any atom is -0.378 e. The second-order valence-electron chi connectivity index (χ2n) is 5.71. The van der Waals surface area contributed by atoms with Gasteiger partial charge in [-0.2, -0.15) is 0 Å². The largest absolute Gasteiger partial charge is 0.378 e. The van der Waals surface area contributed by atoms with Crippen molar-refractivity contribution in [1.29, 1.82) is 0 Å². The van der Waals surface area contributed by atoms with Crippen molar-refractivity contribution in [2.75, 3.05) is 38.2 Å². The highest BCUT2D eigenvalue weighted by Crippen LogP contribution is 2.27. The van der Waals surface area contributed by atoms with Gasteiger partial charge in [0.05, 0.1) is 19.8 Å². The summed E-state index contributed by atoms with van der Waals surface area (Å²) in [6.45, 7) is 4.08. The van der Waals surface area contributed by atoms with Crippen LogP contribution in [0.1, 0.15) is 18.4 Å². The van der Waals surface area contributed by atoms with Crippen LogP contribution in [0.15, 0.2) is 10.8 Å². The fraction of sp³-hybridized carbons (Fsp3) is 0.643. The van der Waals surface area contributed by atoms with Crippen molar-refractivity contribution in [3.05, 3.63) is 11.8 Å². The molecule has 2 saturated heterocycles. The first-order valence-corrected chi connectivity index (χ1v) is 7.33. The van der Waals surface area contributed by atoms with Gasteiger partial charge in [0, 0.05) is 18.7 Å². The Morgan fingerprint density at radius 3 is 2.95 bits per heavy atom. The number of aryl methyl sites for hydroxylation is 1. The summed E-state index contributed by atoms with van der Waals surface area (Å²) < 4.78 is 16.0. The predicted octanol–water partition coefficient (Wildman–Crippen LogP) is 0.330. The second kappa shape index (κ2) is 6.05. The van der Waals surface area contributed by atoms with Crippen molar-refractivity contribution in [1.82, 2.24) is 10.1 Å². The Morgan fingerprint density at radius 2 is 2.27 bits per heavy atom. The SMILES string of the molecule is Cc1conc1NC(=O)C(=O)N1CCOC2(CCCOC2)C1. The van der Waals surface area contributed by atoms with Crippen LogP contribution in [0.5, 0.6) is 0 Å². The van der Waals surface area contributed by atoms with Gasteiger partial charge in [0.15, 0.2) is 5.82 Å². The van der Waals surface area contributed by atoms with Crippen LogP contribution in [0.3, 0.4) is 0 Å². The van der Waals surface area contributed by atoms with Gasteiger partial charge in [-0.1, -0.05) is 5.16 Å². The summed E-state index contributed by atoms with van der Waals surface area (Å²) in [5.41, 5.74) is 0.191. The minimum atomic E-state index is -0.717. The van der Waals surface area contributed by atoms with Crippen LogP contribution in [0.25, 0.3) is 0 Å². The zero-order valence-corrected chi connectivity index (χ0v) is 12.5. The molecular formula is C14H19N3O5. The van der Waals surface area contributed by atoms with Crippen molar-refractivity contribution < 1.29 is 23.6 Å². The molecule has 8 nitrogen and oxygen atoms in total. The van der Waals surface area contributed by atoms with Crippen molar-refractivity contribution in [2.45, 2.75) is 25.4 Å². The average molecular weight is 309 g/mol. The number of nitrogens with one attached hydrogen (secondary N) is 1. The van der Waals surface area contributed by atoms with Gasteiger partial charge >= 0.3 is 11.8 Å². The van der Waals surface area contributed by atoms with Crippen molar-refractivity contribution >= 4 is 17.6 Å². The Morgan fingerprint density at radius 1 is 1.41 bits per heavy atom. The summed E-state index contributed by atoms with van der Waals surface area (Å²) in [7, 11) is 0. The molecule has 1 aromatic heterocycles. The zero-order chi connectivity index (χ0) is 15.6. The van der Waals surface area contributed by atoms with Gasteiger partial charge in [0.1, 0.15) is 11.9 Å². The number of hydrogen-bond donors (Lipinski definition) is 1. The van der Waals surface area contributed by atoms with Crippen LogP contribution in [-0.2, 0) is 19.1 Å². The minimum absolute atomic E-state index is 0.266.